The van der Waals surface area contributed by atoms with Crippen molar-refractivity contribution >= 4 is 29.1 Å². The SMILES string of the molecule is COc1ccc(NC(=O)CN2C(=O)[C@H](C(C)C)NC(=O)c3ccccc32)cc1. The molecule has 2 N–H and O–H groups in total. The summed E-state index contributed by atoms with van der Waals surface area (Å²) in [6.07, 6.45) is 0. The fraction of sp³-hybridized carbons (Fsp3) is 0.286. The topological polar surface area (TPSA) is 87.7 Å². The highest BCUT2D eigenvalue weighted by Crippen LogP contribution is 2.26. The Morgan fingerprint density at radius 2 is 1.82 bits per heavy atom. The van der Waals surface area contributed by atoms with Crippen molar-refractivity contribution in [1.29, 1.82) is 0 Å². The number of benzene rings is 2. The lowest BCUT2D eigenvalue weighted by Crippen LogP contribution is -2.50. The van der Waals surface area contributed by atoms with Gasteiger partial charge in [-0.25, -0.2) is 0 Å². The third-order valence-electron chi connectivity index (χ3n) is 4.60. The van der Waals surface area contributed by atoms with E-state index in [1.807, 2.05) is 13.8 Å². The highest BCUT2D eigenvalue weighted by molar-refractivity contribution is 6.13. The van der Waals surface area contributed by atoms with Gasteiger partial charge in [0.2, 0.25) is 11.8 Å². The zero-order chi connectivity index (χ0) is 20.3. The van der Waals surface area contributed by atoms with Crippen LogP contribution < -0.4 is 20.3 Å². The maximum Gasteiger partial charge on any atom is 0.254 e. The van der Waals surface area contributed by atoms with Crippen LogP contribution in [-0.2, 0) is 9.59 Å². The fourth-order valence-corrected chi connectivity index (χ4v) is 3.10. The first-order chi connectivity index (χ1) is 13.4. The largest absolute Gasteiger partial charge is 0.497 e. The average molecular weight is 381 g/mol. The van der Waals surface area contributed by atoms with Crippen molar-refractivity contribution in [2.45, 2.75) is 19.9 Å². The van der Waals surface area contributed by atoms with Crippen molar-refractivity contribution in [2.24, 2.45) is 5.92 Å². The van der Waals surface area contributed by atoms with Gasteiger partial charge in [-0.2, -0.15) is 0 Å². The molecule has 3 amide bonds. The van der Waals surface area contributed by atoms with Gasteiger partial charge in [0.15, 0.2) is 0 Å². The van der Waals surface area contributed by atoms with Crippen LogP contribution in [0.2, 0.25) is 0 Å². The van der Waals surface area contributed by atoms with Crippen LogP contribution in [-0.4, -0.2) is 37.4 Å². The molecule has 2 aromatic carbocycles. The predicted octanol–water partition coefficient (Wildman–Crippen LogP) is 2.43. The molecular weight excluding hydrogens is 358 g/mol. The molecule has 0 unspecified atom stereocenters. The molecule has 2 aromatic rings. The first-order valence-corrected chi connectivity index (χ1v) is 9.06. The number of hydrogen-bond acceptors (Lipinski definition) is 4. The van der Waals surface area contributed by atoms with E-state index in [-0.39, 0.29) is 30.2 Å². The minimum Gasteiger partial charge on any atom is -0.497 e. The van der Waals surface area contributed by atoms with Gasteiger partial charge >= 0.3 is 0 Å². The monoisotopic (exact) mass is 381 g/mol. The van der Waals surface area contributed by atoms with Crippen LogP contribution in [0, 0.1) is 5.92 Å². The van der Waals surface area contributed by atoms with E-state index in [2.05, 4.69) is 10.6 Å². The van der Waals surface area contributed by atoms with E-state index in [1.54, 1.807) is 55.6 Å². The number of fused-ring (bicyclic) bond motifs is 1. The molecule has 0 bridgehead atoms. The molecule has 0 saturated carbocycles. The zero-order valence-electron chi connectivity index (χ0n) is 16.1. The Kier molecular flexibility index (Phi) is 5.63. The van der Waals surface area contributed by atoms with Crippen molar-refractivity contribution in [3.8, 4) is 5.75 Å². The van der Waals surface area contributed by atoms with Gasteiger partial charge < -0.3 is 20.3 Å². The number of carbonyl (C=O) groups is 3. The van der Waals surface area contributed by atoms with Gasteiger partial charge in [0.05, 0.1) is 18.4 Å². The van der Waals surface area contributed by atoms with E-state index in [4.69, 9.17) is 4.74 Å². The van der Waals surface area contributed by atoms with E-state index in [0.29, 0.717) is 22.7 Å². The lowest BCUT2D eigenvalue weighted by Gasteiger charge is -2.26. The number of hydrogen-bond donors (Lipinski definition) is 2. The van der Waals surface area contributed by atoms with Crippen LogP contribution in [0.15, 0.2) is 48.5 Å². The van der Waals surface area contributed by atoms with E-state index >= 15 is 0 Å². The van der Waals surface area contributed by atoms with Crippen molar-refractivity contribution < 1.29 is 19.1 Å². The van der Waals surface area contributed by atoms with Crippen molar-refractivity contribution in [3.63, 3.8) is 0 Å². The Balaban J connectivity index is 1.86. The zero-order valence-corrected chi connectivity index (χ0v) is 16.1. The molecule has 1 heterocycles. The number of anilines is 2. The minimum absolute atomic E-state index is 0.113. The van der Waals surface area contributed by atoms with Crippen LogP contribution in [0.1, 0.15) is 24.2 Å². The van der Waals surface area contributed by atoms with Gasteiger partial charge in [0, 0.05) is 5.69 Å². The second-order valence-corrected chi connectivity index (χ2v) is 6.91. The first-order valence-electron chi connectivity index (χ1n) is 9.06. The highest BCUT2D eigenvalue weighted by Gasteiger charge is 2.36. The van der Waals surface area contributed by atoms with Crippen LogP contribution in [0.5, 0.6) is 5.75 Å². The molecule has 1 atom stereocenters. The van der Waals surface area contributed by atoms with Gasteiger partial charge in [-0.1, -0.05) is 26.0 Å². The van der Waals surface area contributed by atoms with Crippen LogP contribution >= 0.6 is 0 Å². The molecule has 7 nitrogen and oxygen atoms in total. The van der Waals surface area contributed by atoms with Gasteiger partial charge in [-0.05, 0) is 42.3 Å². The number of carbonyl (C=O) groups excluding carboxylic acids is 3. The Bertz CT molecular complexity index is 893. The van der Waals surface area contributed by atoms with Gasteiger partial charge in [0.25, 0.3) is 5.91 Å². The Labute approximate surface area is 163 Å². The van der Waals surface area contributed by atoms with Crippen LogP contribution in [0.25, 0.3) is 0 Å². The second kappa shape index (κ2) is 8.12. The van der Waals surface area contributed by atoms with Crippen molar-refractivity contribution in [3.05, 3.63) is 54.1 Å². The number of ether oxygens (including phenoxy) is 1. The molecule has 0 radical (unpaired) electrons. The van der Waals surface area contributed by atoms with Crippen molar-refractivity contribution in [1.82, 2.24) is 5.32 Å². The summed E-state index contributed by atoms with van der Waals surface area (Å²) >= 11 is 0. The van der Waals surface area contributed by atoms with Crippen LogP contribution in [0.4, 0.5) is 11.4 Å². The lowest BCUT2D eigenvalue weighted by atomic mass is 10.0. The molecule has 1 aliphatic rings. The van der Waals surface area contributed by atoms with Crippen molar-refractivity contribution in [2.75, 3.05) is 23.9 Å². The van der Waals surface area contributed by atoms with Gasteiger partial charge in [-0.3, -0.25) is 14.4 Å². The summed E-state index contributed by atoms with van der Waals surface area (Å²) in [5, 5.41) is 5.55. The molecule has 28 heavy (non-hydrogen) atoms. The third-order valence-corrected chi connectivity index (χ3v) is 4.60. The fourth-order valence-electron chi connectivity index (χ4n) is 3.10. The van der Waals surface area contributed by atoms with E-state index in [1.165, 1.54) is 4.90 Å². The second-order valence-electron chi connectivity index (χ2n) is 6.91. The summed E-state index contributed by atoms with van der Waals surface area (Å²) < 4.78 is 5.10. The Morgan fingerprint density at radius 1 is 1.14 bits per heavy atom. The quantitative estimate of drug-likeness (QED) is 0.833. The number of nitrogens with zero attached hydrogens (tertiary/aromatic N) is 1. The van der Waals surface area contributed by atoms with Gasteiger partial charge in [0.1, 0.15) is 18.3 Å². The predicted molar refractivity (Wildman–Crippen MR) is 107 cm³/mol. The summed E-state index contributed by atoms with van der Waals surface area (Å²) in [6.45, 7) is 3.52. The summed E-state index contributed by atoms with van der Waals surface area (Å²) in [4.78, 5) is 39.6. The molecule has 7 heteroatoms. The first kappa shape index (κ1) is 19.4. The molecule has 0 fully saturated rings. The smallest absolute Gasteiger partial charge is 0.254 e. The minimum atomic E-state index is -0.700. The number of para-hydroxylation sites is 1. The maximum absolute atomic E-state index is 13.1. The normalized spacial score (nSPS) is 16.3. The number of amides is 3. The summed E-state index contributed by atoms with van der Waals surface area (Å²) in [6, 6.07) is 13.0. The number of nitrogens with one attached hydrogen (secondary N) is 2. The Hall–Kier alpha value is -3.35. The third kappa shape index (κ3) is 3.98. The average Bonchev–Trinajstić information content (AvgIpc) is 2.79. The molecule has 0 saturated heterocycles. The highest BCUT2D eigenvalue weighted by atomic mass is 16.5. The molecular formula is C21H23N3O4. The molecule has 146 valence electrons. The van der Waals surface area contributed by atoms with E-state index < -0.39 is 6.04 Å². The summed E-state index contributed by atoms with van der Waals surface area (Å²) in [5.74, 6) is -0.416. The molecule has 0 spiro atoms. The molecule has 0 aliphatic carbocycles. The molecule has 0 aromatic heterocycles. The standard InChI is InChI=1S/C21H23N3O4/c1-13(2)19-21(27)24(17-7-5-4-6-16(17)20(26)23-19)12-18(25)22-14-8-10-15(28-3)11-9-14/h4-11,13,19H,12H2,1-3H3,(H,22,25)(H,23,26)/t19-/m0/s1. The number of methoxy groups -OCH3 is 1. The Morgan fingerprint density at radius 3 is 2.46 bits per heavy atom. The van der Waals surface area contributed by atoms with Crippen LogP contribution in [0.3, 0.4) is 0 Å². The van der Waals surface area contributed by atoms with E-state index in [0.717, 1.165) is 0 Å². The summed E-state index contributed by atoms with van der Waals surface area (Å²) in [5.41, 5.74) is 1.39. The maximum atomic E-state index is 13.1. The lowest BCUT2D eigenvalue weighted by molar-refractivity contribution is -0.123. The number of rotatable bonds is 5. The van der Waals surface area contributed by atoms with E-state index in [9.17, 15) is 14.4 Å². The molecule has 3 rings (SSSR count). The molecule has 1 aliphatic heterocycles. The van der Waals surface area contributed by atoms with Gasteiger partial charge in [-0.15, -0.1) is 0 Å². The summed E-state index contributed by atoms with van der Waals surface area (Å²) in [7, 11) is 1.57.